The molecule has 0 radical (unpaired) electrons. The molecule has 3 bridgehead atoms. The summed E-state index contributed by atoms with van der Waals surface area (Å²) in [6, 6.07) is 16.0. The van der Waals surface area contributed by atoms with E-state index in [1.807, 2.05) is 34.9 Å². The Kier molecular flexibility index (Phi) is 15.6. The van der Waals surface area contributed by atoms with Crippen molar-refractivity contribution in [3.05, 3.63) is 126 Å². The third kappa shape index (κ3) is 9.99. The highest BCUT2D eigenvalue weighted by Crippen LogP contribution is 2.67. The number of nitriles is 1. The van der Waals surface area contributed by atoms with Gasteiger partial charge in [0.1, 0.15) is 42.3 Å². The van der Waals surface area contributed by atoms with Crippen molar-refractivity contribution < 1.29 is 64.2 Å². The van der Waals surface area contributed by atoms with Crippen LogP contribution in [0.3, 0.4) is 0 Å². The molecule has 7 N–H and O–H groups in total. The molecule has 4 aliphatic heterocycles. The lowest BCUT2D eigenvalue weighted by Crippen LogP contribution is -2.70. The van der Waals surface area contributed by atoms with Crippen LogP contribution in [0.15, 0.2) is 98.1 Å². The van der Waals surface area contributed by atoms with E-state index in [1.165, 1.54) is 6.26 Å². The monoisotopic (exact) mass is 1000 g/mol. The van der Waals surface area contributed by atoms with Gasteiger partial charge in [0.15, 0.2) is 5.60 Å². The molecule has 7 aliphatic rings. The second-order valence-electron chi connectivity index (χ2n) is 21.6. The number of nitrogens with zero attached hydrogens (tertiary/aromatic N) is 2. The topological polar surface area (TPSA) is 234 Å². The summed E-state index contributed by atoms with van der Waals surface area (Å²) in [5, 5.41) is 90.4. The molecule has 3 aromatic rings. The first-order valence-corrected chi connectivity index (χ1v) is 25.9. The lowest BCUT2D eigenvalue weighted by atomic mass is 9.56. The van der Waals surface area contributed by atoms with Crippen LogP contribution in [0.2, 0.25) is 0 Å². The highest BCUT2D eigenvalue weighted by Gasteiger charge is 2.68. The van der Waals surface area contributed by atoms with Gasteiger partial charge in [0.05, 0.1) is 48.3 Å². The minimum atomic E-state index is -1.86. The van der Waals surface area contributed by atoms with Crippen LogP contribution in [0.5, 0.6) is 5.75 Å². The normalized spacial score (nSPS) is 33.7. The van der Waals surface area contributed by atoms with Gasteiger partial charge in [0.2, 0.25) is 6.29 Å². The van der Waals surface area contributed by atoms with E-state index in [0.717, 1.165) is 42.4 Å². The van der Waals surface area contributed by atoms with Gasteiger partial charge in [-0.3, -0.25) is 0 Å². The minimum absolute atomic E-state index is 0.0280. The number of ether oxygens (including phenoxy) is 5. The van der Waals surface area contributed by atoms with Gasteiger partial charge < -0.3 is 64.0 Å². The molecular weight excluding hydrogens is 933 g/mol. The second kappa shape index (κ2) is 21.8. The molecule has 1 aromatic heterocycles. The quantitative estimate of drug-likeness (QED) is 0.0613. The number of carboxylic acid groups (broad SMARTS) is 1. The number of rotatable bonds is 17. The van der Waals surface area contributed by atoms with Gasteiger partial charge in [-0.15, -0.1) is 6.58 Å². The largest absolute Gasteiger partial charge is 0.486 e. The molecule has 3 fully saturated rings. The fraction of sp³-hybridized carbons (Fsp3) is 0.552. The van der Waals surface area contributed by atoms with Crippen molar-refractivity contribution >= 4 is 5.97 Å². The van der Waals surface area contributed by atoms with Gasteiger partial charge >= 0.3 is 5.97 Å². The SMILES string of the molecule is C=CCc1ccc(OC2OC3C(CCCO)OC#CCC(O)C4CC2(OC=CC42C=CC4C(O)(CC(Cc5ccc(C(=O)O)cc5)C45CCCC5)C2)C(O)C3O)cc1CC(COC)C(CO)n1ccc(C#N)c1. The van der Waals surface area contributed by atoms with Crippen LogP contribution in [0.4, 0.5) is 0 Å². The summed E-state index contributed by atoms with van der Waals surface area (Å²) < 4.78 is 34.1. The van der Waals surface area contributed by atoms with E-state index in [4.69, 9.17) is 23.7 Å². The average molecular weight is 1000 g/mol. The molecule has 10 rings (SSSR count). The Morgan fingerprint density at radius 2 is 1.86 bits per heavy atom. The fourth-order valence-electron chi connectivity index (χ4n) is 13.9. The van der Waals surface area contributed by atoms with Gasteiger partial charge in [-0.05, 0) is 122 Å². The number of hydrogen-bond acceptors (Lipinski definition) is 13. The number of benzene rings is 2. The molecule has 15 heteroatoms. The summed E-state index contributed by atoms with van der Waals surface area (Å²) in [5.74, 6) is 1.21. The Hall–Kier alpha value is -5.46. The molecule has 390 valence electrons. The minimum Gasteiger partial charge on any atom is -0.486 e. The van der Waals surface area contributed by atoms with Crippen LogP contribution in [0.1, 0.15) is 103 Å². The molecular formula is C58H70N2O13. The van der Waals surface area contributed by atoms with E-state index in [-0.39, 0.29) is 80.7 Å². The van der Waals surface area contributed by atoms with Crippen molar-refractivity contribution in [3.8, 4) is 23.8 Å². The number of carboxylic acids is 1. The van der Waals surface area contributed by atoms with Gasteiger partial charge in [0.25, 0.3) is 0 Å². The maximum atomic E-state index is 13.3. The maximum absolute atomic E-state index is 13.3. The van der Waals surface area contributed by atoms with E-state index >= 15 is 0 Å². The van der Waals surface area contributed by atoms with Crippen molar-refractivity contribution in [2.75, 3.05) is 26.9 Å². The molecule has 14 unspecified atom stereocenters. The molecule has 3 aliphatic carbocycles. The maximum Gasteiger partial charge on any atom is 0.335 e. The summed E-state index contributed by atoms with van der Waals surface area (Å²) in [6.45, 7) is 3.88. The van der Waals surface area contributed by atoms with E-state index in [9.17, 15) is 45.8 Å². The summed E-state index contributed by atoms with van der Waals surface area (Å²) in [7, 11) is 1.60. The van der Waals surface area contributed by atoms with Crippen LogP contribution in [-0.4, -0.2) is 121 Å². The Bertz CT molecular complexity index is 2610. The third-order valence-corrected chi connectivity index (χ3v) is 17.5. The zero-order valence-corrected chi connectivity index (χ0v) is 41.5. The average Bonchev–Trinajstić information content (AvgIpc) is 4.09. The number of aromatic nitrogens is 1. The van der Waals surface area contributed by atoms with Crippen LogP contribution >= 0.6 is 0 Å². The van der Waals surface area contributed by atoms with Crippen LogP contribution < -0.4 is 4.74 Å². The molecule has 15 nitrogen and oxygen atoms in total. The summed E-state index contributed by atoms with van der Waals surface area (Å²) >= 11 is 0. The third-order valence-electron chi connectivity index (χ3n) is 17.5. The van der Waals surface area contributed by atoms with Gasteiger partial charge in [0, 0.05) is 62.1 Å². The zero-order chi connectivity index (χ0) is 51.5. The first kappa shape index (κ1) is 52.4. The molecule has 2 saturated carbocycles. The highest BCUT2D eigenvalue weighted by molar-refractivity contribution is 5.87. The Morgan fingerprint density at radius 3 is 2.56 bits per heavy atom. The standard InChI is InChI=1S/C58H70N2O13/c1-3-8-39-15-16-44(29-41(39)28-42(35-69-2)46(34-62)60-23-18-38(32-59)33-60)72-54-58-31-45(47(63)9-7-25-70-48(10-6-24-61)51(73-54)50(64)52(58)65)55(22-26-71-58)21-17-49-56(19-4-5-20-56)43(30-57(49,68)36-55)27-37-11-13-40(14-12-37)53(66)67/h3,11-18,21-23,26,29,33,42-43,45-52,54,61-65,68H,1,4-6,8-10,19-20,24,27-28,30-31,34-36H2,2H3,(H,66,67). The van der Waals surface area contributed by atoms with Crippen molar-refractivity contribution in [1.82, 2.24) is 4.57 Å². The van der Waals surface area contributed by atoms with Crippen molar-refractivity contribution in [2.45, 2.75) is 138 Å². The molecule has 3 spiro atoms. The van der Waals surface area contributed by atoms with Crippen LogP contribution in [0, 0.1) is 57.9 Å². The van der Waals surface area contributed by atoms with E-state index < -0.39 is 71.4 Å². The summed E-state index contributed by atoms with van der Waals surface area (Å²) in [4.78, 5) is 11.7. The van der Waals surface area contributed by atoms with Gasteiger partial charge in [-0.2, -0.15) is 5.26 Å². The second-order valence-corrected chi connectivity index (χ2v) is 21.6. The van der Waals surface area contributed by atoms with E-state index in [0.29, 0.717) is 37.0 Å². The number of aliphatic hydroxyl groups excluding tert-OH is 5. The lowest BCUT2D eigenvalue weighted by Gasteiger charge is -2.53. The first-order valence-electron chi connectivity index (χ1n) is 25.9. The number of fused-ring (bicyclic) bond motifs is 8. The number of aliphatic hydroxyl groups is 6. The van der Waals surface area contributed by atoms with Gasteiger partial charge in [-0.1, -0.05) is 55.2 Å². The van der Waals surface area contributed by atoms with Crippen LogP contribution in [-0.2, 0) is 38.2 Å². The van der Waals surface area contributed by atoms with Gasteiger partial charge in [-0.25, -0.2) is 4.79 Å². The van der Waals surface area contributed by atoms with E-state index in [2.05, 4.69) is 36.8 Å². The van der Waals surface area contributed by atoms with Crippen LogP contribution in [0.25, 0.3) is 0 Å². The molecule has 73 heavy (non-hydrogen) atoms. The zero-order valence-electron chi connectivity index (χ0n) is 41.5. The van der Waals surface area contributed by atoms with Crippen molar-refractivity contribution in [1.29, 1.82) is 5.26 Å². The molecule has 2 aromatic carbocycles. The number of hydrogen-bond donors (Lipinski definition) is 7. The number of methoxy groups -OCH3 is 1. The smallest absolute Gasteiger partial charge is 0.335 e. The molecule has 14 atom stereocenters. The highest BCUT2D eigenvalue weighted by atomic mass is 16.7. The first-order chi connectivity index (χ1) is 35.3. The Morgan fingerprint density at radius 1 is 1.07 bits per heavy atom. The number of carbonyl (C=O) groups is 1. The van der Waals surface area contributed by atoms with Crippen molar-refractivity contribution in [2.24, 2.45) is 34.5 Å². The molecule has 0 amide bonds. The van der Waals surface area contributed by atoms with Crippen molar-refractivity contribution in [3.63, 3.8) is 0 Å². The lowest BCUT2D eigenvalue weighted by molar-refractivity contribution is -0.334. The summed E-state index contributed by atoms with van der Waals surface area (Å²) in [5.41, 5.74) is -0.813. The predicted octanol–water partition coefficient (Wildman–Crippen LogP) is 5.94. The Labute approximate surface area is 427 Å². The predicted molar refractivity (Wildman–Crippen MR) is 267 cm³/mol. The fourth-order valence-corrected chi connectivity index (χ4v) is 13.9. The molecule has 1 saturated heterocycles. The number of aromatic carboxylic acids is 1. The Balaban J connectivity index is 1.09. The molecule has 5 heterocycles. The summed E-state index contributed by atoms with van der Waals surface area (Å²) in [6.07, 6.45) is 14.2. The van der Waals surface area contributed by atoms with E-state index in [1.54, 1.807) is 49.8 Å². The number of allylic oxidation sites excluding steroid dienone is 3.